The molecule has 0 saturated heterocycles. The molecule has 1 aromatic heterocycles. The van der Waals surface area contributed by atoms with E-state index < -0.39 is 0 Å². The maximum atomic E-state index is 12.0. The minimum Gasteiger partial charge on any atom is -0.484 e. The number of hydrogen-bond donors (Lipinski definition) is 2. The smallest absolute Gasteiger partial charge is 0.257 e. The highest BCUT2D eigenvalue weighted by molar-refractivity contribution is 5.77. The van der Waals surface area contributed by atoms with Crippen LogP contribution in [0.25, 0.3) is 11.0 Å². The van der Waals surface area contributed by atoms with E-state index in [-0.39, 0.29) is 12.5 Å². The molecule has 0 saturated carbocycles. The Bertz CT molecular complexity index is 1090. The van der Waals surface area contributed by atoms with Crippen LogP contribution in [0.5, 0.6) is 5.75 Å². The summed E-state index contributed by atoms with van der Waals surface area (Å²) in [5, 5.41) is 6.21. The Balaban J connectivity index is 1.17. The number of imidazole rings is 1. The highest BCUT2D eigenvalue weighted by Gasteiger charge is 2.04. The van der Waals surface area contributed by atoms with Gasteiger partial charge < -0.3 is 19.9 Å². The number of benzene rings is 3. The summed E-state index contributed by atoms with van der Waals surface area (Å²) in [6, 6.07) is 25.5. The van der Waals surface area contributed by atoms with E-state index in [1.165, 1.54) is 0 Å². The zero-order chi connectivity index (χ0) is 20.6. The first-order valence-electron chi connectivity index (χ1n) is 9.99. The Labute approximate surface area is 175 Å². The third kappa shape index (κ3) is 5.17. The van der Waals surface area contributed by atoms with Crippen LogP contribution in [0.2, 0.25) is 0 Å². The van der Waals surface area contributed by atoms with Gasteiger partial charge in [-0.1, -0.05) is 30.3 Å². The van der Waals surface area contributed by atoms with E-state index in [0.29, 0.717) is 12.3 Å². The number of aryl methyl sites for hydroxylation is 1. The number of carbonyl (C=O) groups is 1. The summed E-state index contributed by atoms with van der Waals surface area (Å²) >= 11 is 0. The summed E-state index contributed by atoms with van der Waals surface area (Å²) in [6.07, 6.45) is 2.66. The maximum absolute atomic E-state index is 12.0. The van der Waals surface area contributed by atoms with Crippen LogP contribution in [0.3, 0.4) is 0 Å². The minimum absolute atomic E-state index is 0.000529. The van der Waals surface area contributed by atoms with Gasteiger partial charge in [0.2, 0.25) is 0 Å². The lowest BCUT2D eigenvalue weighted by Crippen LogP contribution is -2.30. The zero-order valence-electron chi connectivity index (χ0n) is 16.6. The number of amides is 1. The molecule has 0 atom stereocenters. The van der Waals surface area contributed by atoms with Crippen LogP contribution in [0, 0.1) is 0 Å². The molecule has 1 amide bonds. The van der Waals surface area contributed by atoms with Gasteiger partial charge in [0.25, 0.3) is 5.91 Å². The van der Waals surface area contributed by atoms with Gasteiger partial charge in [-0.25, -0.2) is 4.98 Å². The van der Waals surface area contributed by atoms with Crippen LogP contribution in [0.1, 0.15) is 6.42 Å². The fourth-order valence-corrected chi connectivity index (χ4v) is 3.19. The van der Waals surface area contributed by atoms with Crippen LogP contribution >= 0.6 is 0 Å². The lowest BCUT2D eigenvalue weighted by atomic mass is 10.2. The third-order valence-corrected chi connectivity index (χ3v) is 4.71. The van der Waals surface area contributed by atoms with Crippen LogP contribution < -0.4 is 15.4 Å². The normalized spacial score (nSPS) is 10.7. The molecule has 0 aliphatic carbocycles. The summed E-state index contributed by atoms with van der Waals surface area (Å²) < 4.78 is 7.68. The van der Waals surface area contributed by atoms with Crippen molar-refractivity contribution >= 4 is 28.3 Å². The molecule has 0 radical (unpaired) electrons. The first-order chi connectivity index (χ1) is 14.8. The van der Waals surface area contributed by atoms with Crippen molar-refractivity contribution in [2.75, 3.05) is 18.5 Å². The minimum atomic E-state index is -0.128. The predicted octanol–water partition coefficient (Wildman–Crippen LogP) is 4.37. The average Bonchev–Trinajstić information content (AvgIpc) is 3.20. The molecule has 0 spiro atoms. The Kier molecular flexibility index (Phi) is 6.25. The van der Waals surface area contributed by atoms with Gasteiger partial charge in [-0.15, -0.1) is 0 Å². The van der Waals surface area contributed by atoms with Crippen molar-refractivity contribution in [2.45, 2.75) is 13.0 Å². The number of para-hydroxylation sites is 3. The molecule has 4 aromatic rings. The molecule has 30 heavy (non-hydrogen) atoms. The van der Waals surface area contributed by atoms with E-state index in [2.05, 4.69) is 26.3 Å². The number of carbonyl (C=O) groups excluding carboxylic acids is 1. The van der Waals surface area contributed by atoms with Crippen molar-refractivity contribution < 1.29 is 9.53 Å². The largest absolute Gasteiger partial charge is 0.484 e. The molecule has 0 fully saturated rings. The second-order valence-corrected chi connectivity index (χ2v) is 6.93. The quantitative estimate of drug-likeness (QED) is 0.410. The monoisotopic (exact) mass is 400 g/mol. The third-order valence-electron chi connectivity index (χ3n) is 4.71. The predicted molar refractivity (Wildman–Crippen MR) is 119 cm³/mol. The molecule has 0 aliphatic rings. The van der Waals surface area contributed by atoms with Gasteiger partial charge in [0.1, 0.15) is 5.75 Å². The highest BCUT2D eigenvalue weighted by atomic mass is 16.5. The summed E-state index contributed by atoms with van der Waals surface area (Å²) in [5.74, 6) is 0.533. The molecule has 6 nitrogen and oxygen atoms in total. The van der Waals surface area contributed by atoms with E-state index in [4.69, 9.17) is 4.74 Å². The van der Waals surface area contributed by atoms with Crippen molar-refractivity contribution in [3.05, 3.63) is 85.2 Å². The standard InChI is InChI=1S/C24H24N4O2/c29-24(25-15-6-16-28-18-26-22-9-4-5-10-23(22)28)17-30-21-13-11-20(12-14-21)27-19-7-2-1-3-8-19/h1-5,7-14,18,27H,6,15-17H2,(H,25,29). The average molecular weight is 400 g/mol. The van der Waals surface area contributed by atoms with Gasteiger partial charge in [0, 0.05) is 24.5 Å². The van der Waals surface area contributed by atoms with Crippen molar-refractivity contribution in [3.8, 4) is 5.75 Å². The molecule has 1 heterocycles. The molecule has 0 bridgehead atoms. The molecule has 3 aromatic carbocycles. The van der Waals surface area contributed by atoms with Crippen molar-refractivity contribution in [2.24, 2.45) is 0 Å². The van der Waals surface area contributed by atoms with Crippen LogP contribution in [0.4, 0.5) is 11.4 Å². The van der Waals surface area contributed by atoms with Gasteiger partial charge in [-0.2, -0.15) is 0 Å². The summed E-state index contributed by atoms with van der Waals surface area (Å²) in [4.78, 5) is 16.4. The molecular weight excluding hydrogens is 376 g/mol. The number of rotatable bonds is 9. The zero-order valence-corrected chi connectivity index (χ0v) is 16.6. The Morgan fingerprint density at radius 2 is 1.63 bits per heavy atom. The van der Waals surface area contributed by atoms with E-state index >= 15 is 0 Å². The number of fused-ring (bicyclic) bond motifs is 1. The van der Waals surface area contributed by atoms with Crippen molar-refractivity contribution in [1.82, 2.24) is 14.9 Å². The van der Waals surface area contributed by atoms with E-state index in [1.807, 2.05) is 79.1 Å². The fraction of sp³-hybridized carbons (Fsp3) is 0.167. The molecule has 152 valence electrons. The van der Waals surface area contributed by atoms with Gasteiger partial charge in [0.05, 0.1) is 17.4 Å². The first kappa shape index (κ1) is 19.5. The second kappa shape index (κ2) is 9.60. The van der Waals surface area contributed by atoms with Gasteiger partial charge in [-0.05, 0) is 55.0 Å². The number of nitrogens with zero attached hydrogens (tertiary/aromatic N) is 2. The number of ether oxygens (including phenoxy) is 1. The lowest BCUT2D eigenvalue weighted by molar-refractivity contribution is -0.123. The molecule has 2 N–H and O–H groups in total. The number of nitrogens with one attached hydrogen (secondary N) is 2. The number of anilines is 2. The van der Waals surface area contributed by atoms with Crippen LogP contribution in [0.15, 0.2) is 85.2 Å². The van der Waals surface area contributed by atoms with Gasteiger partial charge >= 0.3 is 0 Å². The number of aromatic nitrogens is 2. The fourth-order valence-electron chi connectivity index (χ4n) is 3.19. The molecule has 0 unspecified atom stereocenters. The topological polar surface area (TPSA) is 68.2 Å². The van der Waals surface area contributed by atoms with Gasteiger partial charge in [-0.3, -0.25) is 4.79 Å². The summed E-state index contributed by atoms with van der Waals surface area (Å²) in [5.41, 5.74) is 4.08. The Morgan fingerprint density at radius 3 is 2.47 bits per heavy atom. The second-order valence-electron chi connectivity index (χ2n) is 6.93. The molecule has 6 heteroatoms. The first-order valence-corrected chi connectivity index (χ1v) is 9.99. The number of hydrogen-bond acceptors (Lipinski definition) is 4. The molecule has 4 rings (SSSR count). The van der Waals surface area contributed by atoms with E-state index in [1.54, 1.807) is 0 Å². The van der Waals surface area contributed by atoms with Gasteiger partial charge in [0.15, 0.2) is 6.61 Å². The van der Waals surface area contributed by atoms with Crippen molar-refractivity contribution in [1.29, 1.82) is 0 Å². The highest BCUT2D eigenvalue weighted by Crippen LogP contribution is 2.19. The Morgan fingerprint density at radius 1 is 0.900 bits per heavy atom. The Hall–Kier alpha value is -3.80. The van der Waals surface area contributed by atoms with Crippen molar-refractivity contribution in [3.63, 3.8) is 0 Å². The van der Waals surface area contributed by atoms with E-state index in [9.17, 15) is 4.79 Å². The lowest BCUT2D eigenvalue weighted by Gasteiger charge is -2.10. The summed E-state index contributed by atoms with van der Waals surface area (Å²) in [7, 11) is 0. The van der Waals surface area contributed by atoms with Crippen LogP contribution in [-0.4, -0.2) is 28.6 Å². The van der Waals surface area contributed by atoms with Crippen LogP contribution in [-0.2, 0) is 11.3 Å². The maximum Gasteiger partial charge on any atom is 0.257 e. The molecule has 0 aliphatic heterocycles. The molecular formula is C24H24N4O2. The summed E-state index contributed by atoms with van der Waals surface area (Å²) in [6.45, 7) is 1.39. The van der Waals surface area contributed by atoms with E-state index in [0.717, 1.165) is 35.4 Å². The SMILES string of the molecule is O=C(COc1ccc(Nc2ccccc2)cc1)NCCCn1cnc2ccccc21.